The lowest BCUT2D eigenvalue weighted by atomic mass is 10.2. The lowest BCUT2D eigenvalue weighted by Gasteiger charge is -2.11. The molecule has 0 N–H and O–H groups in total. The van der Waals surface area contributed by atoms with E-state index in [0.717, 1.165) is 11.3 Å². The number of nitriles is 2. The Kier molecular flexibility index (Phi) is 6.80. The zero-order chi connectivity index (χ0) is 25.2. The van der Waals surface area contributed by atoms with E-state index in [0.29, 0.717) is 28.1 Å². The number of benzene rings is 2. The normalized spacial score (nSPS) is 11.3. The molecule has 0 amide bonds. The molecule has 0 saturated heterocycles. The zero-order valence-electron chi connectivity index (χ0n) is 17.8. The molecule has 4 aromatic rings. The molecule has 2 aromatic carbocycles. The predicted molar refractivity (Wildman–Crippen MR) is 120 cm³/mol. The van der Waals surface area contributed by atoms with Gasteiger partial charge in [-0.15, -0.1) is 13.2 Å². The number of nitrogens with zero attached hydrogens (tertiary/aromatic N) is 5. The van der Waals surface area contributed by atoms with Crippen LogP contribution in [-0.4, -0.2) is 27.5 Å². The molecule has 8 nitrogen and oxygen atoms in total. The number of hydrogen-bond acceptors (Lipinski definition) is 8. The molecule has 35 heavy (non-hydrogen) atoms. The van der Waals surface area contributed by atoms with Crippen molar-refractivity contribution in [1.82, 2.24) is 14.5 Å². The quantitative estimate of drug-likeness (QED) is 0.284. The minimum absolute atomic E-state index is 0.00370. The predicted octanol–water partition coefficient (Wildman–Crippen LogP) is 6.24. The number of alkyl halides is 3. The molecule has 2 aromatic heterocycles. The number of aromatic nitrogens is 3. The molecule has 13 heteroatoms. The van der Waals surface area contributed by atoms with Gasteiger partial charge < -0.3 is 14.2 Å². The molecule has 0 bridgehead atoms. The number of fused-ring (bicyclic) bond motifs is 1. The van der Waals surface area contributed by atoms with Crippen LogP contribution >= 0.6 is 22.9 Å². The number of imidazole rings is 1. The van der Waals surface area contributed by atoms with Crippen molar-refractivity contribution in [2.45, 2.75) is 20.0 Å². The molecular formula is C22H13ClF3N5O3S. The van der Waals surface area contributed by atoms with Gasteiger partial charge in [0.05, 0.1) is 15.2 Å². The third-order valence-electron chi connectivity index (χ3n) is 4.56. The van der Waals surface area contributed by atoms with Gasteiger partial charge in [-0.3, -0.25) is 4.57 Å². The van der Waals surface area contributed by atoms with Crippen molar-refractivity contribution in [3.05, 3.63) is 52.8 Å². The highest BCUT2D eigenvalue weighted by Crippen LogP contribution is 2.37. The Labute approximate surface area is 205 Å². The minimum atomic E-state index is -4.80. The zero-order valence-corrected chi connectivity index (χ0v) is 19.3. The van der Waals surface area contributed by atoms with Crippen LogP contribution in [0.5, 0.6) is 16.7 Å². The average molecular weight is 520 g/mol. The third-order valence-corrected chi connectivity index (χ3v) is 5.77. The first-order valence-electron chi connectivity index (χ1n) is 9.85. The van der Waals surface area contributed by atoms with Gasteiger partial charge in [0.2, 0.25) is 0 Å². The van der Waals surface area contributed by atoms with Crippen molar-refractivity contribution in [2.75, 3.05) is 6.61 Å². The van der Waals surface area contributed by atoms with Gasteiger partial charge in [-0.25, -0.2) is 9.97 Å². The average Bonchev–Trinajstić information content (AvgIpc) is 3.36. The van der Waals surface area contributed by atoms with Crippen molar-refractivity contribution in [3.63, 3.8) is 0 Å². The van der Waals surface area contributed by atoms with Gasteiger partial charge in [0.1, 0.15) is 36.2 Å². The standard InChI is InChI=1S/C22H13ClF3N5O3S/c1-2-32-11-31-18(10-28)17(9-27)29-20(31)14-5-3-12(7-15(14)23)33-21-30-16-6-4-13(8-19(16)35-21)34-22(24,25)26/h3-8H,2,11H2,1H3. The van der Waals surface area contributed by atoms with E-state index >= 15 is 0 Å². The molecule has 0 aliphatic heterocycles. The topological polar surface area (TPSA) is 106 Å². The van der Waals surface area contributed by atoms with Crippen LogP contribution in [0.3, 0.4) is 0 Å². The number of rotatable bonds is 7. The lowest BCUT2D eigenvalue weighted by Crippen LogP contribution is -2.16. The van der Waals surface area contributed by atoms with E-state index in [9.17, 15) is 23.7 Å². The highest BCUT2D eigenvalue weighted by atomic mass is 35.5. The molecular weight excluding hydrogens is 507 g/mol. The van der Waals surface area contributed by atoms with Crippen molar-refractivity contribution < 1.29 is 27.4 Å². The summed E-state index contributed by atoms with van der Waals surface area (Å²) in [5.41, 5.74) is 0.876. The molecule has 0 saturated carbocycles. The van der Waals surface area contributed by atoms with Crippen molar-refractivity contribution in [3.8, 4) is 40.2 Å². The van der Waals surface area contributed by atoms with E-state index in [2.05, 4.69) is 14.7 Å². The third kappa shape index (κ3) is 5.30. The molecule has 0 spiro atoms. The van der Waals surface area contributed by atoms with Crippen LogP contribution in [-0.2, 0) is 11.5 Å². The Morgan fingerprint density at radius 1 is 1.09 bits per heavy atom. The molecule has 0 aliphatic carbocycles. The summed E-state index contributed by atoms with van der Waals surface area (Å²) in [6.45, 7) is 2.18. The number of thiazole rings is 1. The maximum Gasteiger partial charge on any atom is 0.573 e. The number of halogens is 4. The lowest BCUT2D eigenvalue weighted by molar-refractivity contribution is -0.274. The van der Waals surface area contributed by atoms with Crippen molar-refractivity contribution in [1.29, 1.82) is 10.5 Å². The summed E-state index contributed by atoms with van der Waals surface area (Å²) in [4.78, 5) is 8.48. The van der Waals surface area contributed by atoms with Gasteiger partial charge in [0.25, 0.3) is 5.19 Å². The summed E-state index contributed by atoms with van der Waals surface area (Å²) in [6.07, 6.45) is -4.80. The van der Waals surface area contributed by atoms with E-state index in [1.165, 1.54) is 28.8 Å². The second kappa shape index (κ2) is 9.80. The van der Waals surface area contributed by atoms with Crippen LogP contribution in [0.1, 0.15) is 18.3 Å². The molecule has 0 aliphatic rings. The molecule has 4 rings (SSSR count). The van der Waals surface area contributed by atoms with E-state index in [-0.39, 0.29) is 39.9 Å². The summed E-state index contributed by atoms with van der Waals surface area (Å²) in [5.74, 6) is 0.234. The minimum Gasteiger partial charge on any atom is -0.431 e. The second-order valence-electron chi connectivity index (χ2n) is 6.81. The summed E-state index contributed by atoms with van der Waals surface area (Å²) in [6, 6.07) is 12.3. The van der Waals surface area contributed by atoms with E-state index in [4.69, 9.17) is 21.1 Å². The molecule has 0 fully saturated rings. The summed E-state index contributed by atoms with van der Waals surface area (Å²) >= 11 is 7.50. The van der Waals surface area contributed by atoms with Crippen LogP contribution in [0, 0.1) is 22.7 Å². The Balaban J connectivity index is 1.62. The molecule has 0 unspecified atom stereocenters. The van der Waals surface area contributed by atoms with Crippen molar-refractivity contribution >= 4 is 33.2 Å². The maximum atomic E-state index is 12.5. The molecule has 0 radical (unpaired) electrons. The van der Waals surface area contributed by atoms with Crippen molar-refractivity contribution in [2.24, 2.45) is 0 Å². The summed E-state index contributed by atoms with van der Waals surface area (Å²) in [5, 5.41) is 19.2. The largest absolute Gasteiger partial charge is 0.573 e. The smallest absolute Gasteiger partial charge is 0.431 e. The van der Waals surface area contributed by atoms with Crippen LogP contribution in [0.15, 0.2) is 36.4 Å². The second-order valence-corrected chi connectivity index (χ2v) is 8.21. The Morgan fingerprint density at radius 2 is 1.86 bits per heavy atom. The van der Waals surface area contributed by atoms with Gasteiger partial charge in [0, 0.05) is 24.3 Å². The van der Waals surface area contributed by atoms with Crippen LogP contribution in [0.4, 0.5) is 13.2 Å². The summed E-state index contributed by atoms with van der Waals surface area (Å²) in [7, 11) is 0. The Hall–Kier alpha value is -3.84. The van der Waals surface area contributed by atoms with E-state index < -0.39 is 6.36 Å². The van der Waals surface area contributed by atoms with Crippen LogP contribution in [0.25, 0.3) is 21.6 Å². The number of hydrogen-bond donors (Lipinski definition) is 0. The van der Waals surface area contributed by atoms with Gasteiger partial charge >= 0.3 is 6.36 Å². The fourth-order valence-corrected chi connectivity index (χ4v) is 4.24. The highest BCUT2D eigenvalue weighted by molar-refractivity contribution is 7.20. The fraction of sp³-hybridized carbons (Fsp3) is 0.182. The first-order chi connectivity index (χ1) is 16.7. The Morgan fingerprint density at radius 3 is 2.51 bits per heavy atom. The van der Waals surface area contributed by atoms with E-state index in [1.807, 2.05) is 12.1 Å². The first kappa shape index (κ1) is 24.3. The first-order valence-corrected chi connectivity index (χ1v) is 11.0. The van der Waals surface area contributed by atoms with Gasteiger partial charge in [-0.2, -0.15) is 10.5 Å². The van der Waals surface area contributed by atoms with Gasteiger partial charge in [0.15, 0.2) is 11.4 Å². The van der Waals surface area contributed by atoms with Gasteiger partial charge in [-0.1, -0.05) is 22.9 Å². The monoisotopic (exact) mass is 519 g/mol. The number of ether oxygens (including phenoxy) is 3. The van der Waals surface area contributed by atoms with Gasteiger partial charge in [-0.05, 0) is 31.2 Å². The molecule has 0 atom stereocenters. The van der Waals surface area contributed by atoms with Crippen LogP contribution in [0.2, 0.25) is 5.02 Å². The van der Waals surface area contributed by atoms with E-state index in [1.54, 1.807) is 19.1 Å². The maximum absolute atomic E-state index is 12.5. The SMILES string of the molecule is CCOCn1c(-c2ccc(Oc3nc4ccc(OC(F)(F)F)cc4s3)cc2Cl)nc(C#N)c1C#N. The summed E-state index contributed by atoms with van der Waals surface area (Å²) < 4.78 is 54.4. The molecule has 2 heterocycles. The van der Waals surface area contributed by atoms with Crippen LogP contribution < -0.4 is 9.47 Å². The highest BCUT2D eigenvalue weighted by Gasteiger charge is 2.31. The Bertz CT molecular complexity index is 1490. The molecule has 178 valence electrons. The fourth-order valence-electron chi connectivity index (χ4n) is 3.12.